The third kappa shape index (κ3) is 3.75. The van der Waals surface area contributed by atoms with Gasteiger partial charge in [-0.05, 0) is 31.0 Å². The van der Waals surface area contributed by atoms with Crippen molar-refractivity contribution in [2.75, 3.05) is 18.1 Å². The molecule has 0 aromatic heterocycles. The van der Waals surface area contributed by atoms with Gasteiger partial charge in [-0.1, -0.05) is 29.9 Å². The van der Waals surface area contributed by atoms with E-state index in [9.17, 15) is 4.79 Å². The Bertz CT molecular complexity index is 545. The molecular formula is C16H18ClNO2. The number of halogens is 1. The van der Waals surface area contributed by atoms with Crippen molar-refractivity contribution < 1.29 is 9.90 Å². The lowest BCUT2D eigenvalue weighted by atomic mass is 10.1. The Hall–Kier alpha value is -1.50. The molecule has 1 heterocycles. The number of hydrogen-bond acceptors (Lipinski definition) is 2. The van der Waals surface area contributed by atoms with Crippen LogP contribution in [-0.4, -0.2) is 24.2 Å². The maximum Gasteiger partial charge on any atom is 0.227 e. The summed E-state index contributed by atoms with van der Waals surface area (Å²) in [4.78, 5) is 14.0. The van der Waals surface area contributed by atoms with Crippen LogP contribution in [0.5, 0.6) is 0 Å². The smallest absolute Gasteiger partial charge is 0.227 e. The molecule has 0 unspecified atom stereocenters. The summed E-state index contributed by atoms with van der Waals surface area (Å²) in [7, 11) is 0. The van der Waals surface area contributed by atoms with E-state index in [0.29, 0.717) is 24.4 Å². The van der Waals surface area contributed by atoms with Crippen molar-refractivity contribution in [3.05, 3.63) is 28.8 Å². The van der Waals surface area contributed by atoms with E-state index in [1.165, 1.54) is 0 Å². The van der Waals surface area contributed by atoms with Gasteiger partial charge < -0.3 is 10.0 Å². The molecule has 0 spiro atoms. The summed E-state index contributed by atoms with van der Waals surface area (Å²) in [5.74, 6) is 6.05. The molecule has 2 rings (SSSR count). The van der Waals surface area contributed by atoms with Gasteiger partial charge in [0.25, 0.3) is 0 Å². The molecule has 0 saturated carbocycles. The van der Waals surface area contributed by atoms with Crippen molar-refractivity contribution in [3.63, 3.8) is 0 Å². The van der Waals surface area contributed by atoms with Crippen LogP contribution in [0.3, 0.4) is 0 Å². The lowest BCUT2D eigenvalue weighted by Gasteiger charge is -2.22. The van der Waals surface area contributed by atoms with Crippen LogP contribution in [0.4, 0.5) is 5.69 Å². The Balaban J connectivity index is 2.35. The molecule has 1 fully saturated rings. The Morgan fingerprint density at radius 3 is 2.95 bits per heavy atom. The first kappa shape index (κ1) is 14.9. The van der Waals surface area contributed by atoms with Crippen molar-refractivity contribution >= 4 is 23.2 Å². The van der Waals surface area contributed by atoms with Crippen LogP contribution in [0.25, 0.3) is 0 Å². The average molecular weight is 292 g/mol. The monoisotopic (exact) mass is 291 g/mol. The molecule has 0 atom stereocenters. The van der Waals surface area contributed by atoms with E-state index in [0.717, 1.165) is 30.5 Å². The first-order chi connectivity index (χ1) is 9.72. The Labute approximate surface area is 124 Å². The van der Waals surface area contributed by atoms with Crippen molar-refractivity contribution in [2.24, 2.45) is 0 Å². The highest BCUT2D eigenvalue weighted by atomic mass is 35.5. The molecule has 20 heavy (non-hydrogen) atoms. The third-order valence-corrected chi connectivity index (χ3v) is 3.52. The number of benzene rings is 1. The van der Waals surface area contributed by atoms with Crippen LogP contribution < -0.4 is 4.90 Å². The standard InChI is InChI=1S/C16H18ClNO2/c17-14-9-8-13(6-3-5-11-19)15(12-14)18-10-4-1-2-7-16(18)20/h8-9,12,19H,1-2,4-5,7,10-11H2. The van der Waals surface area contributed by atoms with Gasteiger partial charge >= 0.3 is 0 Å². The number of aliphatic hydroxyl groups excluding tert-OH is 1. The van der Waals surface area contributed by atoms with E-state index in [2.05, 4.69) is 11.8 Å². The molecule has 0 aliphatic carbocycles. The number of nitrogens with zero attached hydrogens (tertiary/aromatic N) is 1. The lowest BCUT2D eigenvalue weighted by molar-refractivity contribution is -0.118. The fourth-order valence-corrected chi connectivity index (χ4v) is 2.45. The highest BCUT2D eigenvalue weighted by Crippen LogP contribution is 2.27. The molecule has 1 saturated heterocycles. The molecular weight excluding hydrogens is 274 g/mol. The van der Waals surface area contributed by atoms with E-state index in [-0.39, 0.29) is 12.5 Å². The highest BCUT2D eigenvalue weighted by Gasteiger charge is 2.20. The second kappa shape index (κ2) is 7.33. The van der Waals surface area contributed by atoms with E-state index in [4.69, 9.17) is 16.7 Å². The van der Waals surface area contributed by atoms with Crippen LogP contribution in [0.1, 0.15) is 37.7 Å². The molecule has 1 aromatic rings. The molecule has 1 N–H and O–H groups in total. The Morgan fingerprint density at radius 2 is 2.15 bits per heavy atom. The summed E-state index contributed by atoms with van der Waals surface area (Å²) < 4.78 is 0. The maximum atomic E-state index is 12.2. The van der Waals surface area contributed by atoms with Gasteiger partial charge in [0, 0.05) is 30.0 Å². The first-order valence-electron chi connectivity index (χ1n) is 6.92. The molecule has 3 nitrogen and oxygen atoms in total. The SMILES string of the molecule is O=C1CCCCCN1c1cc(Cl)ccc1C#CCCO. The molecule has 1 aliphatic heterocycles. The second-order valence-electron chi connectivity index (χ2n) is 4.79. The second-order valence-corrected chi connectivity index (χ2v) is 5.23. The van der Waals surface area contributed by atoms with Crippen LogP contribution in [0.15, 0.2) is 18.2 Å². The zero-order valence-electron chi connectivity index (χ0n) is 11.4. The molecule has 0 radical (unpaired) electrons. The zero-order valence-corrected chi connectivity index (χ0v) is 12.1. The minimum Gasteiger partial charge on any atom is -0.395 e. The van der Waals surface area contributed by atoms with Gasteiger partial charge in [0.15, 0.2) is 0 Å². The number of carbonyl (C=O) groups is 1. The normalized spacial score (nSPS) is 15.5. The third-order valence-electron chi connectivity index (χ3n) is 3.28. The highest BCUT2D eigenvalue weighted by molar-refractivity contribution is 6.31. The van der Waals surface area contributed by atoms with Crippen LogP contribution >= 0.6 is 11.6 Å². The van der Waals surface area contributed by atoms with Crippen LogP contribution in [-0.2, 0) is 4.79 Å². The van der Waals surface area contributed by atoms with Crippen molar-refractivity contribution in [1.29, 1.82) is 0 Å². The minimum absolute atomic E-state index is 0.0402. The summed E-state index contributed by atoms with van der Waals surface area (Å²) in [6.45, 7) is 0.756. The quantitative estimate of drug-likeness (QED) is 0.851. The predicted molar refractivity (Wildman–Crippen MR) is 80.9 cm³/mol. The molecule has 1 amide bonds. The number of anilines is 1. The largest absolute Gasteiger partial charge is 0.395 e. The molecule has 0 bridgehead atoms. The first-order valence-corrected chi connectivity index (χ1v) is 7.30. The minimum atomic E-state index is 0.0402. The van der Waals surface area contributed by atoms with Gasteiger partial charge in [0.2, 0.25) is 5.91 Å². The maximum absolute atomic E-state index is 12.2. The predicted octanol–water partition coefficient (Wildman–Crippen LogP) is 2.98. The van der Waals surface area contributed by atoms with Gasteiger partial charge in [-0.3, -0.25) is 4.79 Å². The number of amides is 1. The van der Waals surface area contributed by atoms with E-state index in [1.54, 1.807) is 17.0 Å². The van der Waals surface area contributed by atoms with Crippen molar-refractivity contribution in [3.8, 4) is 11.8 Å². The topological polar surface area (TPSA) is 40.5 Å². The van der Waals surface area contributed by atoms with Gasteiger partial charge in [0.05, 0.1) is 12.3 Å². The molecule has 1 aliphatic rings. The Morgan fingerprint density at radius 1 is 1.30 bits per heavy atom. The van der Waals surface area contributed by atoms with E-state index >= 15 is 0 Å². The number of aliphatic hydroxyl groups is 1. The van der Waals surface area contributed by atoms with E-state index in [1.807, 2.05) is 6.07 Å². The van der Waals surface area contributed by atoms with Crippen molar-refractivity contribution in [2.45, 2.75) is 32.1 Å². The van der Waals surface area contributed by atoms with Gasteiger partial charge in [-0.2, -0.15) is 0 Å². The molecule has 106 valence electrons. The van der Waals surface area contributed by atoms with Crippen LogP contribution in [0.2, 0.25) is 5.02 Å². The van der Waals surface area contributed by atoms with Gasteiger partial charge in [0.1, 0.15) is 0 Å². The average Bonchev–Trinajstić information content (AvgIpc) is 2.65. The lowest BCUT2D eigenvalue weighted by Crippen LogP contribution is -2.30. The summed E-state index contributed by atoms with van der Waals surface area (Å²) in [6, 6.07) is 5.41. The fraction of sp³-hybridized carbons (Fsp3) is 0.438. The van der Waals surface area contributed by atoms with Crippen molar-refractivity contribution in [1.82, 2.24) is 0 Å². The van der Waals surface area contributed by atoms with Crippen LogP contribution in [0, 0.1) is 11.8 Å². The summed E-state index contributed by atoms with van der Waals surface area (Å²) in [5, 5.41) is 9.40. The van der Waals surface area contributed by atoms with Gasteiger partial charge in [-0.15, -0.1) is 0 Å². The van der Waals surface area contributed by atoms with E-state index < -0.39 is 0 Å². The molecule has 4 heteroatoms. The van der Waals surface area contributed by atoms with Gasteiger partial charge in [-0.25, -0.2) is 0 Å². The summed E-state index contributed by atoms with van der Waals surface area (Å²) in [5.41, 5.74) is 1.58. The summed E-state index contributed by atoms with van der Waals surface area (Å²) in [6.07, 6.45) is 4.03. The number of carbonyl (C=O) groups excluding carboxylic acids is 1. The number of rotatable bonds is 2. The fourth-order valence-electron chi connectivity index (χ4n) is 2.28. The number of hydrogen-bond donors (Lipinski definition) is 1. The Kier molecular flexibility index (Phi) is 5.46. The molecule has 1 aromatic carbocycles. The zero-order chi connectivity index (χ0) is 14.4. The summed E-state index contributed by atoms with van der Waals surface area (Å²) >= 11 is 6.06.